The van der Waals surface area contributed by atoms with Crippen LogP contribution in [0.2, 0.25) is 0 Å². The summed E-state index contributed by atoms with van der Waals surface area (Å²) < 4.78 is 0. The molecule has 1 rings (SSSR count). The number of aliphatic carboxylic acids is 2. The van der Waals surface area contributed by atoms with Gasteiger partial charge in [-0.1, -0.05) is 19.1 Å². The molecule has 0 aromatic heterocycles. The third kappa shape index (κ3) is 7.37. The van der Waals surface area contributed by atoms with E-state index < -0.39 is 11.9 Å². The molecule has 3 N–H and O–H groups in total. The van der Waals surface area contributed by atoms with Gasteiger partial charge in [0.05, 0.1) is 6.42 Å². The second kappa shape index (κ2) is 7.28. The molecule has 0 aliphatic rings. The van der Waals surface area contributed by atoms with Gasteiger partial charge in [-0.15, -0.1) is 0 Å². The lowest BCUT2D eigenvalue weighted by molar-refractivity contribution is -0.137. The highest BCUT2D eigenvalue weighted by Crippen LogP contribution is 2.09. The summed E-state index contributed by atoms with van der Waals surface area (Å²) >= 11 is 0. The quantitative estimate of drug-likeness (QED) is 0.726. The first-order valence-electron chi connectivity index (χ1n) is 4.67. The van der Waals surface area contributed by atoms with Gasteiger partial charge in [-0.05, 0) is 17.7 Å². The van der Waals surface area contributed by atoms with Crippen LogP contribution in [0.3, 0.4) is 0 Å². The van der Waals surface area contributed by atoms with Crippen molar-refractivity contribution in [3.63, 3.8) is 0 Å². The van der Waals surface area contributed by atoms with Crippen molar-refractivity contribution in [1.82, 2.24) is 0 Å². The fraction of sp³-hybridized carbons (Fsp3) is 0.273. The van der Waals surface area contributed by atoms with E-state index in [9.17, 15) is 9.59 Å². The molecular weight excluding hydrogens is 212 g/mol. The van der Waals surface area contributed by atoms with Crippen molar-refractivity contribution in [2.24, 2.45) is 0 Å². The summed E-state index contributed by atoms with van der Waals surface area (Å²) in [5.74, 6) is -1.46. The zero-order chi connectivity index (χ0) is 12.6. The molecule has 0 atom stereocenters. The number of hydrogen-bond donors (Lipinski definition) is 3. The molecule has 0 aliphatic heterocycles. The molecule has 0 bridgehead atoms. The molecule has 5 nitrogen and oxygen atoms in total. The topological polar surface area (TPSA) is 94.8 Å². The minimum absolute atomic E-state index is 0.000278. The summed E-state index contributed by atoms with van der Waals surface area (Å²) in [6.07, 6.45) is 0.222. The summed E-state index contributed by atoms with van der Waals surface area (Å²) in [5, 5.41) is 24.9. The largest absolute Gasteiger partial charge is 0.508 e. The number of phenolic OH excluding ortho intramolecular Hbond substituents is 1. The third-order valence-electron chi connectivity index (χ3n) is 1.59. The molecule has 0 saturated heterocycles. The van der Waals surface area contributed by atoms with Gasteiger partial charge in [-0.2, -0.15) is 0 Å². The van der Waals surface area contributed by atoms with Gasteiger partial charge in [-0.3, -0.25) is 9.59 Å². The Morgan fingerprint density at radius 1 is 1.06 bits per heavy atom. The Morgan fingerprint density at radius 3 is 1.81 bits per heavy atom. The van der Waals surface area contributed by atoms with E-state index in [-0.39, 0.29) is 18.6 Å². The van der Waals surface area contributed by atoms with E-state index in [1.54, 1.807) is 19.1 Å². The van der Waals surface area contributed by atoms with E-state index in [1.807, 2.05) is 0 Å². The van der Waals surface area contributed by atoms with Crippen LogP contribution in [-0.4, -0.2) is 27.3 Å². The zero-order valence-electron chi connectivity index (χ0n) is 8.88. The first-order chi connectivity index (χ1) is 7.45. The van der Waals surface area contributed by atoms with Crippen LogP contribution in [0.5, 0.6) is 5.75 Å². The van der Waals surface area contributed by atoms with Gasteiger partial charge in [0.2, 0.25) is 0 Å². The number of carboxylic acids is 2. The lowest BCUT2D eigenvalue weighted by Gasteiger charge is -1.95. The molecule has 5 heteroatoms. The van der Waals surface area contributed by atoms with Gasteiger partial charge in [0.15, 0.2) is 0 Å². The monoisotopic (exact) mass is 226 g/mol. The molecule has 1 aromatic rings. The highest BCUT2D eigenvalue weighted by atomic mass is 16.4. The van der Waals surface area contributed by atoms with Crippen LogP contribution in [0.1, 0.15) is 18.9 Å². The predicted octanol–water partition coefficient (Wildman–Crippen LogP) is 1.50. The Morgan fingerprint density at radius 2 is 1.50 bits per heavy atom. The molecule has 1 aromatic carbocycles. The number of carbonyl (C=O) groups is 2. The van der Waals surface area contributed by atoms with Crippen LogP contribution < -0.4 is 0 Å². The average Bonchev–Trinajstić information content (AvgIpc) is 2.22. The number of phenols is 1. The molecule has 0 heterocycles. The van der Waals surface area contributed by atoms with Crippen LogP contribution in [0.15, 0.2) is 24.3 Å². The first-order valence-corrected chi connectivity index (χ1v) is 4.67. The van der Waals surface area contributed by atoms with Crippen molar-refractivity contribution in [2.75, 3.05) is 0 Å². The average molecular weight is 226 g/mol. The number of rotatable bonds is 3. The van der Waals surface area contributed by atoms with E-state index >= 15 is 0 Å². The zero-order valence-corrected chi connectivity index (χ0v) is 8.88. The molecule has 0 aliphatic carbocycles. The molecule has 88 valence electrons. The summed E-state index contributed by atoms with van der Waals surface area (Å²) in [6, 6.07) is 6.11. The molecule has 16 heavy (non-hydrogen) atoms. The molecule has 0 fully saturated rings. The molecule has 0 spiro atoms. The van der Waals surface area contributed by atoms with E-state index in [2.05, 4.69) is 0 Å². The van der Waals surface area contributed by atoms with Gasteiger partial charge in [0.1, 0.15) is 5.75 Å². The van der Waals surface area contributed by atoms with Crippen molar-refractivity contribution in [3.8, 4) is 5.75 Å². The molecular formula is C11H14O5. The fourth-order valence-electron chi connectivity index (χ4n) is 0.788. The van der Waals surface area contributed by atoms with Crippen molar-refractivity contribution in [1.29, 1.82) is 0 Å². The Bertz CT molecular complexity index is 342. The van der Waals surface area contributed by atoms with E-state index in [1.165, 1.54) is 12.1 Å². The van der Waals surface area contributed by atoms with Crippen molar-refractivity contribution < 1.29 is 24.9 Å². The summed E-state index contributed by atoms with van der Waals surface area (Å²) in [6.45, 7) is 1.60. The Labute approximate surface area is 93.0 Å². The summed E-state index contributed by atoms with van der Waals surface area (Å²) in [7, 11) is 0. The van der Waals surface area contributed by atoms with Crippen LogP contribution in [-0.2, 0) is 16.0 Å². The van der Waals surface area contributed by atoms with E-state index in [0.29, 0.717) is 5.56 Å². The lowest BCUT2D eigenvalue weighted by atomic mass is 10.1. The third-order valence-corrected chi connectivity index (χ3v) is 1.59. The number of benzene rings is 1. The second-order valence-corrected chi connectivity index (χ2v) is 2.98. The maximum atomic E-state index is 10.2. The van der Waals surface area contributed by atoms with E-state index in [4.69, 9.17) is 15.3 Å². The summed E-state index contributed by atoms with van der Waals surface area (Å²) in [4.78, 5) is 19.6. The Kier molecular flexibility index (Phi) is 6.35. The summed E-state index contributed by atoms with van der Waals surface area (Å²) in [5.41, 5.74) is 0.690. The number of carboxylic acid groups (broad SMARTS) is 2. The smallest absolute Gasteiger partial charge is 0.307 e. The standard InChI is InChI=1S/C8H8O3.C3H6O2/c9-7-3-1-6(2-4-7)5-8(10)11;1-2-3(4)5/h1-4,9H,5H2,(H,10,11);2H2,1H3,(H,4,5). The van der Waals surface area contributed by atoms with Gasteiger partial charge in [0.25, 0.3) is 0 Å². The minimum atomic E-state index is -0.865. The van der Waals surface area contributed by atoms with Crippen molar-refractivity contribution in [3.05, 3.63) is 29.8 Å². The normalized spacial score (nSPS) is 8.81. The van der Waals surface area contributed by atoms with Crippen LogP contribution in [0.25, 0.3) is 0 Å². The maximum absolute atomic E-state index is 10.2. The highest BCUT2D eigenvalue weighted by molar-refractivity contribution is 5.70. The minimum Gasteiger partial charge on any atom is -0.508 e. The van der Waals surface area contributed by atoms with E-state index in [0.717, 1.165) is 0 Å². The maximum Gasteiger partial charge on any atom is 0.307 e. The highest BCUT2D eigenvalue weighted by Gasteiger charge is 1.98. The van der Waals surface area contributed by atoms with Gasteiger partial charge in [0, 0.05) is 6.42 Å². The van der Waals surface area contributed by atoms with Crippen molar-refractivity contribution in [2.45, 2.75) is 19.8 Å². The molecule has 0 unspecified atom stereocenters. The molecule has 0 radical (unpaired) electrons. The van der Waals surface area contributed by atoms with Crippen LogP contribution >= 0.6 is 0 Å². The Balaban J connectivity index is 0.000000385. The molecule has 0 saturated carbocycles. The lowest BCUT2D eigenvalue weighted by Crippen LogP contribution is -1.98. The van der Waals surface area contributed by atoms with Crippen LogP contribution in [0.4, 0.5) is 0 Å². The van der Waals surface area contributed by atoms with Crippen LogP contribution in [0, 0.1) is 0 Å². The second-order valence-electron chi connectivity index (χ2n) is 2.98. The Hall–Kier alpha value is -2.04. The molecule has 0 amide bonds. The number of aromatic hydroxyl groups is 1. The van der Waals surface area contributed by atoms with Gasteiger partial charge >= 0.3 is 11.9 Å². The SMILES string of the molecule is CCC(=O)O.O=C(O)Cc1ccc(O)cc1. The first kappa shape index (κ1) is 14.0. The fourth-order valence-corrected chi connectivity index (χ4v) is 0.788. The van der Waals surface area contributed by atoms with Crippen molar-refractivity contribution >= 4 is 11.9 Å². The number of hydrogen-bond acceptors (Lipinski definition) is 3. The van der Waals surface area contributed by atoms with Gasteiger partial charge < -0.3 is 15.3 Å². The van der Waals surface area contributed by atoms with Gasteiger partial charge in [-0.25, -0.2) is 0 Å². The predicted molar refractivity (Wildman–Crippen MR) is 57.4 cm³/mol.